The summed E-state index contributed by atoms with van der Waals surface area (Å²) < 4.78 is 0. The molecule has 2 aromatic rings. The van der Waals surface area contributed by atoms with Crippen LogP contribution in [0.15, 0.2) is 48.5 Å². The van der Waals surface area contributed by atoms with Crippen molar-refractivity contribution in [2.24, 2.45) is 0 Å². The molecule has 1 N–H and O–H groups in total. The number of nitrogens with zero attached hydrogens (tertiary/aromatic N) is 2. The Balaban J connectivity index is 1.46. The maximum atomic E-state index is 12.9. The summed E-state index contributed by atoms with van der Waals surface area (Å²) in [7, 11) is 0. The van der Waals surface area contributed by atoms with Crippen molar-refractivity contribution in [3.05, 3.63) is 65.2 Å². The minimum Gasteiger partial charge on any atom is -0.508 e. The molecule has 0 aromatic heterocycles. The molecule has 4 nitrogen and oxygen atoms in total. The van der Waals surface area contributed by atoms with Gasteiger partial charge in [-0.05, 0) is 55.1 Å². The topological polar surface area (TPSA) is 43.8 Å². The van der Waals surface area contributed by atoms with Gasteiger partial charge in [-0.3, -0.25) is 9.69 Å². The quantitative estimate of drug-likeness (QED) is 0.937. The lowest BCUT2D eigenvalue weighted by molar-refractivity contribution is 0.0515. The van der Waals surface area contributed by atoms with Crippen molar-refractivity contribution in [2.45, 2.75) is 31.8 Å². The molecule has 1 amide bonds. The third kappa shape index (κ3) is 3.40. The van der Waals surface area contributed by atoms with E-state index in [4.69, 9.17) is 0 Å². The summed E-state index contributed by atoms with van der Waals surface area (Å²) in [6.07, 6.45) is 3.03. The number of benzene rings is 2. The highest BCUT2D eigenvalue weighted by Gasteiger charge is 2.32. The second-order valence-corrected chi connectivity index (χ2v) is 7.11. The largest absolute Gasteiger partial charge is 0.508 e. The van der Waals surface area contributed by atoms with Crippen molar-refractivity contribution in [1.82, 2.24) is 9.80 Å². The summed E-state index contributed by atoms with van der Waals surface area (Å²) in [6.45, 7) is 3.73. The number of likely N-dealkylation sites (tertiary alicyclic amines) is 1. The van der Waals surface area contributed by atoms with Gasteiger partial charge in [-0.2, -0.15) is 0 Å². The first-order chi connectivity index (χ1) is 12.2. The lowest BCUT2D eigenvalue weighted by Crippen LogP contribution is -2.52. The highest BCUT2D eigenvalue weighted by Crippen LogP contribution is 2.27. The first kappa shape index (κ1) is 16.2. The van der Waals surface area contributed by atoms with Crippen LogP contribution >= 0.6 is 0 Å². The van der Waals surface area contributed by atoms with Crippen LogP contribution in [-0.2, 0) is 13.0 Å². The monoisotopic (exact) mass is 336 g/mol. The summed E-state index contributed by atoms with van der Waals surface area (Å²) in [4.78, 5) is 17.4. The van der Waals surface area contributed by atoms with Crippen molar-refractivity contribution in [3.63, 3.8) is 0 Å². The fourth-order valence-corrected chi connectivity index (χ4v) is 4.11. The van der Waals surface area contributed by atoms with Gasteiger partial charge in [-0.1, -0.05) is 30.3 Å². The fraction of sp³-hybridized carbons (Fsp3) is 0.381. The number of aromatic hydroxyl groups is 1. The van der Waals surface area contributed by atoms with Crippen LogP contribution in [0, 0.1) is 0 Å². The number of hydrogen-bond acceptors (Lipinski definition) is 3. The van der Waals surface area contributed by atoms with Gasteiger partial charge in [0.25, 0.3) is 5.91 Å². The zero-order valence-corrected chi connectivity index (χ0v) is 14.4. The predicted molar refractivity (Wildman–Crippen MR) is 97.6 cm³/mol. The molecule has 1 saturated heterocycles. The van der Waals surface area contributed by atoms with Crippen LogP contribution in [0.1, 0.15) is 34.3 Å². The predicted octanol–water partition coefficient (Wildman–Crippen LogP) is 3.06. The van der Waals surface area contributed by atoms with Crippen LogP contribution in [0.25, 0.3) is 0 Å². The molecule has 0 saturated carbocycles. The van der Waals surface area contributed by atoms with Crippen molar-refractivity contribution >= 4 is 5.91 Å². The summed E-state index contributed by atoms with van der Waals surface area (Å²) in [5.41, 5.74) is 3.05. The van der Waals surface area contributed by atoms with E-state index in [9.17, 15) is 9.90 Å². The third-order valence-corrected chi connectivity index (χ3v) is 5.37. The van der Waals surface area contributed by atoms with E-state index in [1.165, 1.54) is 5.56 Å². The molecule has 0 spiro atoms. The van der Waals surface area contributed by atoms with Gasteiger partial charge in [0.1, 0.15) is 5.75 Å². The molecule has 4 rings (SSSR count). The lowest BCUT2D eigenvalue weighted by atomic mass is 9.95. The maximum absolute atomic E-state index is 12.9. The molecule has 0 aliphatic carbocycles. The molecule has 2 aliphatic rings. The standard InChI is InChI=1S/C21H24N2O2/c24-19-8-9-20-17(13-19)10-12-23(21(20)25)18-7-4-11-22(15-18)14-16-5-2-1-3-6-16/h1-3,5-6,8-9,13,18,24H,4,7,10-12,14-15H2. The second-order valence-electron chi connectivity index (χ2n) is 7.11. The van der Waals surface area contributed by atoms with E-state index in [1.807, 2.05) is 6.07 Å². The number of carbonyl (C=O) groups is 1. The van der Waals surface area contributed by atoms with Gasteiger partial charge in [0, 0.05) is 31.2 Å². The van der Waals surface area contributed by atoms with E-state index in [-0.39, 0.29) is 17.7 Å². The molecule has 0 bridgehead atoms. The van der Waals surface area contributed by atoms with Gasteiger partial charge in [0.2, 0.25) is 0 Å². The molecule has 1 unspecified atom stereocenters. The Bertz CT molecular complexity index is 760. The molecule has 25 heavy (non-hydrogen) atoms. The highest BCUT2D eigenvalue weighted by atomic mass is 16.3. The molecule has 2 aromatic carbocycles. The highest BCUT2D eigenvalue weighted by molar-refractivity contribution is 5.97. The Morgan fingerprint density at radius 3 is 2.76 bits per heavy atom. The van der Waals surface area contributed by atoms with E-state index < -0.39 is 0 Å². The Hall–Kier alpha value is -2.33. The number of phenols is 1. The first-order valence-corrected chi connectivity index (χ1v) is 9.10. The van der Waals surface area contributed by atoms with Gasteiger partial charge in [0.05, 0.1) is 0 Å². The normalized spacial score (nSPS) is 21.2. The minimum absolute atomic E-state index is 0.118. The van der Waals surface area contributed by atoms with E-state index in [2.05, 4.69) is 34.1 Å². The Kier molecular flexibility index (Phi) is 4.45. The smallest absolute Gasteiger partial charge is 0.254 e. The number of rotatable bonds is 3. The van der Waals surface area contributed by atoms with Crippen molar-refractivity contribution in [3.8, 4) is 5.75 Å². The maximum Gasteiger partial charge on any atom is 0.254 e. The summed E-state index contributed by atoms with van der Waals surface area (Å²) >= 11 is 0. The molecule has 130 valence electrons. The molecule has 4 heteroatoms. The molecule has 1 fully saturated rings. The molecule has 2 heterocycles. The van der Waals surface area contributed by atoms with Gasteiger partial charge < -0.3 is 10.0 Å². The Morgan fingerprint density at radius 2 is 1.92 bits per heavy atom. The lowest BCUT2D eigenvalue weighted by Gasteiger charge is -2.41. The molecule has 1 atom stereocenters. The van der Waals surface area contributed by atoms with Gasteiger partial charge in [-0.15, -0.1) is 0 Å². The number of amides is 1. The van der Waals surface area contributed by atoms with Crippen LogP contribution in [0.5, 0.6) is 5.75 Å². The van der Waals surface area contributed by atoms with Crippen LogP contribution in [-0.4, -0.2) is 46.5 Å². The fourth-order valence-electron chi connectivity index (χ4n) is 4.11. The van der Waals surface area contributed by atoms with E-state index in [1.54, 1.807) is 18.2 Å². The average molecular weight is 336 g/mol. The Morgan fingerprint density at radius 1 is 1.08 bits per heavy atom. The Labute approximate surface area is 148 Å². The zero-order chi connectivity index (χ0) is 17.2. The number of carbonyl (C=O) groups excluding carboxylic acids is 1. The average Bonchev–Trinajstić information content (AvgIpc) is 2.63. The summed E-state index contributed by atoms with van der Waals surface area (Å²) in [5, 5.41) is 9.63. The van der Waals surface area contributed by atoms with Crippen LogP contribution < -0.4 is 0 Å². The molecule has 0 radical (unpaired) electrons. The second kappa shape index (κ2) is 6.89. The van der Waals surface area contributed by atoms with Gasteiger partial charge >= 0.3 is 0 Å². The van der Waals surface area contributed by atoms with Crippen LogP contribution in [0.4, 0.5) is 0 Å². The van der Waals surface area contributed by atoms with Crippen LogP contribution in [0.3, 0.4) is 0 Å². The van der Waals surface area contributed by atoms with Crippen molar-refractivity contribution in [2.75, 3.05) is 19.6 Å². The van der Waals surface area contributed by atoms with E-state index >= 15 is 0 Å². The number of fused-ring (bicyclic) bond motifs is 1. The third-order valence-electron chi connectivity index (χ3n) is 5.37. The SMILES string of the molecule is O=C1c2ccc(O)cc2CCN1C1CCCN(Cc2ccccc2)C1. The number of phenolic OH excluding ortho intramolecular Hbond substituents is 1. The number of hydrogen-bond donors (Lipinski definition) is 1. The van der Waals surface area contributed by atoms with E-state index in [0.717, 1.165) is 56.6 Å². The minimum atomic E-state index is 0.118. The van der Waals surface area contributed by atoms with E-state index in [0.29, 0.717) is 0 Å². The summed E-state index contributed by atoms with van der Waals surface area (Å²) in [5.74, 6) is 0.361. The van der Waals surface area contributed by atoms with Crippen molar-refractivity contribution < 1.29 is 9.90 Å². The molecule has 2 aliphatic heterocycles. The molecular formula is C21H24N2O2. The first-order valence-electron chi connectivity index (χ1n) is 9.10. The zero-order valence-electron chi connectivity index (χ0n) is 14.4. The van der Waals surface area contributed by atoms with Gasteiger partial charge in [0.15, 0.2) is 0 Å². The summed E-state index contributed by atoms with van der Waals surface area (Å²) in [6, 6.07) is 15.9. The number of piperidine rings is 1. The molecular weight excluding hydrogens is 312 g/mol. The van der Waals surface area contributed by atoms with Crippen LogP contribution in [0.2, 0.25) is 0 Å². The van der Waals surface area contributed by atoms with Gasteiger partial charge in [-0.25, -0.2) is 0 Å². The van der Waals surface area contributed by atoms with Crippen molar-refractivity contribution in [1.29, 1.82) is 0 Å².